The monoisotopic (exact) mass is 359 g/mol. The number of benzene rings is 2. The average molecular weight is 360 g/mol. The van der Waals surface area contributed by atoms with Crippen LogP contribution in [0.15, 0.2) is 54.7 Å². The molecule has 3 aromatic rings. The Kier molecular flexibility index (Phi) is 5.13. The molecule has 0 radical (unpaired) electrons. The Morgan fingerprint density at radius 3 is 2.54 bits per heavy atom. The van der Waals surface area contributed by atoms with Crippen LogP contribution >= 0.6 is 23.2 Å². The van der Waals surface area contributed by atoms with E-state index in [1.165, 1.54) is 0 Å². The van der Waals surface area contributed by atoms with Crippen LogP contribution in [0.5, 0.6) is 0 Å². The van der Waals surface area contributed by atoms with Gasteiger partial charge in [0.05, 0.1) is 16.2 Å². The van der Waals surface area contributed by atoms with E-state index in [1.807, 2.05) is 48.2 Å². The third-order valence-corrected chi connectivity index (χ3v) is 4.10. The van der Waals surface area contributed by atoms with Crippen LogP contribution in [0.25, 0.3) is 0 Å². The number of halogens is 2. The van der Waals surface area contributed by atoms with Gasteiger partial charge in [0.15, 0.2) is 5.82 Å². The molecule has 0 saturated heterocycles. The Morgan fingerprint density at radius 2 is 1.83 bits per heavy atom. The van der Waals surface area contributed by atoms with Crippen molar-refractivity contribution in [1.29, 1.82) is 0 Å². The number of para-hydroxylation sites is 1. The molecule has 0 bridgehead atoms. The molecule has 5 nitrogen and oxygen atoms in total. The Balaban J connectivity index is 1.86. The van der Waals surface area contributed by atoms with Crippen LogP contribution in [-0.4, -0.2) is 21.7 Å². The smallest absolute Gasteiger partial charge is 0.251 e. The fourth-order valence-corrected chi connectivity index (χ4v) is 2.54. The highest BCUT2D eigenvalue weighted by Gasteiger charge is 2.11. The molecule has 0 unspecified atom stereocenters. The van der Waals surface area contributed by atoms with Crippen molar-refractivity contribution in [3.05, 3.63) is 64.8 Å². The Morgan fingerprint density at radius 1 is 1.04 bits per heavy atom. The summed E-state index contributed by atoms with van der Waals surface area (Å²) in [6.45, 7) is 2.76. The first-order chi connectivity index (χ1) is 11.7. The maximum Gasteiger partial charge on any atom is 0.251 e. The van der Waals surface area contributed by atoms with E-state index in [2.05, 4.69) is 20.5 Å². The van der Waals surface area contributed by atoms with Gasteiger partial charge in [0.1, 0.15) is 0 Å². The number of rotatable bonds is 5. The van der Waals surface area contributed by atoms with E-state index in [-0.39, 0.29) is 0 Å². The highest BCUT2D eigenvalue weighted by molar-refractivity contribution is 6.42. The number of nitrogens with one attached hydrogen (secondary N) is 1. The highest BCUT2D eigenvalue weighted by atomic mass is 35.5. The van der Waals surface area contributed by atoms with Gasteiger partial charge in [-0.05, 0) is 37.3 Å². The number of nitrogens with zero attached hydrogens (tertiary/aromatic N) is 4. The van der Waals surface area contributed by atoms with E-state index in [9.17, 15) is 0 Å². The standard InChI is InChI=1S/C17H15Cl2N5/c1-2-24(13-6-4-3-5-7-13)17-22-16(11-20-23-17)21-12-8-9-14(18)15(19)10-12/h3-11H,2H2,1H3,(H,21,22,23). The first-order valence-corrected chi connectivity index (χ1v) is 8.17. The molecular weight excluding hydrogens is 345 g/mol. The molecule has 0 aliphatic rings. The lowest BCUT2D eigenvalue weighted by atomic mass is 10.3. The van der Waals surface area contributed by atoms with Gasteiger partial charge in [-0.25, -0.2) is 0 Å². The minimum absolute atomic E-state index is 0.475. The number of hydrogen-bond donors (Lipinski definition) is 1. The lowest BCUT2D eigenvalue weighted by Crippen LogP contribution is -2.19. The molecule has 0 aliphatic heterocycles. The third kappa shape index (κ3) is 3.75. The van der Waals surface area contributed by atoms with Gasteiger partial charge in [0.25, 0.3) is 5.95 Å². The first-order valence-electron chi connectivity index (χ1n) is 7.41. The number of aromatic nitrogens is 3. The summed E-state index contributed by atoms with van der Waals surface area (Å²) < 4.78 is 0. The second-order valence-electron chi connectivity index (χ2n) is 4.98. The maximum absolute atomic E-state index is 6.04. The largest absolute Gasteiger partial charge is 0.339 e. The summed E-state index contributed by atoms with van der Waals surface area (Å²) in [5, 5.41) is 12.3. The van der Waals surface area contributed by atoms with Gasteiger partial charge in [-0.3, -0.25) is 0 Å². The fraction of sp³-hybridized carbons (Fsp3) is 0.118. The normalized spacial score (nSPS) is 10.5. The maximum atomic E-state index is 6.04. The third-order valence-electron chi connectivity index (χ3n) is 3.37. The number of anilines is 4. The molecule has 1 heterocycles. The molecule has 1 aromatic heterocycles. The Hall–Kier alpha value is -2.37. The minimum Gasteiger partial charge on any atom is -0.339 e. The van der Waals surface area contributed by atoms with Crippen molar-refractivity contribution in [2.75, 3.05) is 16.8 Å². The van der Waals surface area contributed by atoms with E-state index in [0.29, 0.717) is 21.8 Å². The molecule has 3 rings (SSSR count). The summed E-state index contributed by atoms with van der Waals surface area (Å²) in [5.41, 5.74) is 1.78. The van der Waals surface area contributed by atoms with Crippen LogP contribution in [-0.2, 0) is 0 Å². The zero-order chi connectivity index (χ0) is 16.9. The van der Waals surface area contributed by atoms with Crippen LogP contribution < -0.4 is 10.2 Å². The lowest BCUT2D eigenvalue weighted by Gasteiger charge is -2.20. The van der Waals surface area contributed by atoms with Gasteiger partial charge in [-0.2, -0.15) is 10.1 Å². The molecule has 0 atom stereocenters. The van der Waals surface area contributed by atoms with Crippen LogP contribution in [0.4, 0.5) is 23.1 Å². The molecule has 0 saturated carbocycles. The van der Waals surface area contributed by atoms with Crippen molar-refractivity contribution >= 4 is 46.3 Å². The van der Waals surface area contributed by atoms with E-state index < -0.39 is 0 Å². The van der Waals surface area contributed by atoms with Crippen LogP contribution in [0, 0.1) is 0 Å². The molecule has 2 aromatic carbocycles. The summed E-state index contributed by atoms with van der Waals surface area (Å²) in [5.74, 6) is 1.10. The van der Waals surface area contributed by atoms with Gasteiger partial charge in [-0.15, -0.1) is 5.10 Å². The predicted molar refractivity (Wildman–Crippen MR) is 98.7 cm³/mol. The second kappa shape index (κ2) is 7.47. The lowest BCUT2D eigenvalue weighted by molar-refractivity contribution is 0.887. The van der Waals surface area contributed by atoms with Crippen molar-refractivity contribution in [1.82, 2.24) is 15.2 Å². The van der Waals surface area contributed by atoms with Gasteiger partial charge in [0.2, 0.25) is 0 Å². The molecule has 1 N–H and O–H groups in total. The summed E-state index contributed by atoms with van der Waals surface area (Å²) >= 11 is 12.0. The van der Waals surface area contributed by atoms with Crippen molar-refractivity contribution in [2.45, 2.75) is 6.92 Å². The topological polar surface area (TPSA) is 53.9 Å². The SMILES string of the molecule is CCN(c1ccccc1)c1nncc(Nc2ccc(Cl)c(Cl)c2)n1. The minimum atomic E-state index is 0.475. The van der Waals surface area contributed by atoms with Crippen molar-refractivity contribution in [3.8, 4) is 0 Å². The average Bonchev–Trinajstić information content (AvgIpc) is 2.60. The van der Waals surface area contributed by atoms with Crippen molar-refractivity contribution in [3.63, 3.8) is 0 Å². The number of hydrogen-bond acceptors (Lipinski definition) is 5. The van der Waals surface area contributed by atoms with Crippen LogP contribution in [0.3, 0.4) is 0 Å². The van der Waals surface area contributed by atoms with E-state index >= 15 is 0 Å². The zero-order valence-corrected chi connectivity index (χ0v) is 14.5. The van der Waals surface area contributed by atoms with Gasteiger partial charge in [-0.1, -0.05) is 41.4 Å². The van der Waals surface area contributed by atoms with E-state index in [1.54, 1.807) is 18.3 Å². The van der Waals surface area contributed by atoms with Crippen LogP contribution in [0.2, 0.25) is 10.0 Å². The van der Waals surface area contributed by atoms with E-state index in [4.69, 9.17) is 23.2 Å². The molecule has 122 valence electrons. The molecule has 0 aliphatic carbocycles. The van der Waals surface area contributed by atoms with Crippen LogP contribution in [0.1, 0.15) is 6.92 Å². The second-order valence-corrected chi connectivity index (χ2v) is 5.79. The van der Waals surface area contributed by atoms with E-state index in [0.717, 1.165) is 17.9 Å². The summed E-state index contributed by atoms with van der Waals surface area (Å²) in [4.78, 5) is 6.51. The van der Waals surface area contributed by atoms with Gasteiger partial charge in [0, 0.05) is 17.9 Å². The Labute approximate surface area is 150 Å². The first kappa shape index (κ1) is 16.5. The fourth-order valence-electron chi connectivity index (χ4n) is 2.24. The summed E-state index contributed by atoms with van der Waals surface area (Å²) in [7, 11) is 0. The molecule has 24 heavy (non-hydrogen) atoms. The van der Waals surface area contributed by atoms with Gasteiger partial charge < -0.3 is 10.2 Å². The highest BCUT2D eigenvalue weighted by Crippen LogP contribution is 2.27. The Bertz CT molecular complexity index is 826. The van der Waals surface area contributed by atoms with Crippen molar-refractivity contribution in [2.24, 2.45) is 0 Å². The quantitative estimate of drug-likeness (QED) is 0.688. The molecule has 0 fully saturated rings. The van der Waals surface area contributed by atoms with Gasteiger partial charge >= 0.3 is 0 Å². The molecule has 0 spiro atoms. The van der Waals surface area contributed by atoms with Crippen molar-refractivity contribution < 1.29 is 0 Å². The summed E-state index contributed by atoms with van der Waals surface area (Å²) in [6, 6.07) is 15.2. The molecule has 7 heteroatoms. The molecule has 0 amide bonds. The zero-order valence-electron chi connectivity index (χ0n) is 12.9. The molecular formula is C17H15Cl2N5. The predicted octanol–water partition coefficient (Wildman–Crippen LogP) is 5.08. The summed E-state index contributed by atoms with van der Waals surface area (Å²) in [6.07, 6.45) is 1.56.